The molecule has 4 rings (SSSR count). The summed E-state index contributed by atoms with van der Waals surface area (Å²) >= 11 is 6.35. The van der Waals surface area contributed by atoms with Gasteiger partial charge >= 0.3 is 0 Å². The van der Waals surface area contributed by atoms with Crippen molar-refractivity contribution < 1.29 is 9.53 Å². The Labute approximate surface area is 169 Å². The Bertz CT molecular complexity index is 863. The van der Waals surface area contributed by atoms with Crippen LogP contribution in [-0.4, -0.2) is 46.0 Å². The first-order chi connectivity index (χ1) is 13.5. The van der Waals surface area contributed by atoms with E-state index in [4.69, 9.17) is 22.1 Å². The van der Waals surface area contributed by atoms with E-state index in [9.17, 15) is 4.79 Å². The number of rotatable bonds is 5. The number of aromatic nitrogens is 2. The molecule has 0 radical (unpaired) electrons. The number of nitrogen functional groups attached to an aromatic ring is 1. The van der Waals surface area contributed by atoms with Crippen molar-refractivity contribution in [2.75, 3.05) is 12.8 Å². The predicted octanol–water partition coefficient (Wildman–Crippen LogP) is 2.65. The van der Waals surface area contributed by atoms with Crippen molar-refractivity contribution in [2.24, 2.45) is 0 Å². The van der Waals surface area contributed by atoms with Crippen LogP contribution in [-0.2, 0) is 6.54 Å². The van der Waals surface area contributed by atoms with Crippen LogP contribution in [0.3, 0.4) is 0 Å². The highest BCUT2D eigenvalue weighted by molar-refractivity contribution is 6.31. The van der Waals surface area contributed by atoms with Gasteiger partial charge in [0.05, 0.1) is 7.11 Å². The average molecular weight is 402 g/mol. The minimum absolute atomic E-state index is 0.0827. The van der Waals surface area contributed by atoms with Gasteiger partial charge < -0.3 is 15.8 Å². The molecule has 2 aromatic rings. The van der Waals surface area contributed by atoms with Crippen LogP contribution < -0.4 is 15.8 Å². The molecule has 2 bridgehead atoms. The van der Waals surface area contributed by atoms with Gasteiger partial charge in [0.2, 0.25) is 11.8 Å². The normalized spacial score (nSPS) is 24.1. The molecule has 1 aromatic carbocycles. The number of hydrogen-bond donors (Lipinski definition) is 2. The molecule has 1 amide bonds. The molecule has 2 aliphatic heterocycles. The van der Waals surface area contributed by atoms with Crippen molar-refractivity contribution in [1.29, 1.82) is 0 Å². The highest BCUT2D eigenvalue weighted by Gasteiger charge is 2.41. The van der Waals surface area contributed by atoms with Crippen LogP contribution >= 0.6 is 11.6 Å². The SMILES string of the molecule is COc1nc(N)ncc1C(=O)NC1C[C@H]2CC[C@@H](C1)N2Cc1ccccc1Cl. The summed E-state index contributed by atoms with van der Waals surface area (Å²) in [5, 5.41) is 3.95. The number of nitrogens with two attached hydrogens (primary N) is 1. The summed E-state index contributed by atoms with van der Waals surface area (Å²) in [6.07, 6.45) is 5.55. The minimum Gasteiger partial charge on any atom is -0.480 e. The van der Waals surface area contributed by atoms with Crippen LogP contribution in [0.15, 0.2) is 30.5 Å². The Morgan fingerprint density at radius 3 is 2.71 bits per heavy atom. The van der Waals surface area contributed by atoms with E-state index in [-0.39, 0.29) is 23.8 Å². The number of piperidine rings is 1. The number of fused-ring (bicyclic) bond motifs is 2. The van der Waals surface area contributed by atoms with Crippen molar-refractivity contribution in [1.82, 2.24) is 20.2 Å². The Morgan fingerprint density at radius 2 is 2.04 bits per heavy atom. The number of carbonyl (C=O) groups is 1. The highest BCUT2D eigenvalue weighted by atomic mass is 35.5. The zero-order chi connectivity index (χ0) is 19.7. The van der Waals surface area contributed by atoms with Gasteiger partial charge in [0.1, 0.15) is 5.56 Å². The van der Waals surface area contributed by atoms with E-state index in [1.165, 1.54) is 13.3 Å². The number of methoxy groups -OCH3 is 1. The van der Waals surface area contributed by atoms with Crippen LogP contribution in [0.4, 0.5) is 5.95 Å². The Kier molecular flexibility index (Phi) is 5.37. The van der Waals surface area contributed by atoms with Gasteiger partial charge in [-0.05, 0) is 37.3 Å². The largest absolute Gasteiger partial charge is 0.480 e. The van der Waals surface area contributed by atoms with Crippen LogP contribution in [0.2, 0.25) is 5.02 Å². The van der Waals surface area contributed by atoms with Gasteiger partial charge in [-0.1, -0.05) is 29.8 Å². The second kappa shape index (κ2) is 7.93. The molecule has 2 aliphatic rings. The lowest BCUT2D eigenvalue weighted by Gasteiger charge is -2.39. The third kappa shape index (κ3) is 3.77. The summed E-state index contributed by atoms with van der Waals surface area (Å²) in [6.45, 7) is 0.856. The number of halogens is 1. The third-order valence-corrected chi connectivity index (χ3v) is 6.11. The van der Waals surface area contributed by atoms with Crippen LogP contribution in [0, 0.1) is 0 Å². The summed E-state index contributed by atoms with van der Waals surface area (Å²) in [4.78, 5) is 23.1. The van der Waals surface area contributed by atoms with Crippen molar-refractivity contribution in [3.8, 4) is 5.88 Å². The first-order valence-electron chi connectivity index (χ1n) is 9.51. The number of ether oxygens (including phenoxy) is 1. The fourth-order valence-corrected chi connectivity index (χ4v) is 4.62. The zero-order valence-corrected chi connectivity index (χ0v) is 16.5. The molecule has 7 nitrogen and oxygen atoms in total. The number of benzene rings is 1. The van der Waals surface area contributed by atoms with Crippen LogP contribution in [0.25, 0.3) is 0 Å². The molecule has 28 heavy (non-hydrogen) atoms. The Balaban J connectivity index is 1.42. The molecule has 2 fully saturated rings. The van der Waals surface area contributed by atoms with Crippen molar-refractivity contribution in [3.63, 3.8) is 0 Å². The predicted molar refractivity (Wildman–Crippen MR) is 107 cm³/mol. The van der Waals surface area contributed by atoms with E-state index in [0.717, 1.165) is 42.8 Å². The molecule has 8 heteroatoms. The Hall–Kier alpha value is -2.38. The first-order valence-corrected chi connectivity index (χ1v) is 9.89. The van der Waals surface area contributed by atoms with E-state index >= 15 is 0 Å². The summed E-state index contributed by atoms with van der Waals surface area (Å²) in [6, 6.07) is 9.02. The molecule has 2 saturated heterocycles. The summed E-state index contributed by atoms with van der Waals surface area (Å²) in [5.74, 6) is 0.0595. The fraction of sp³-hybridized carbons (Fsp3) is 0.450. The summed E-state index contributed by atoms with van der Waals surface area (Å²) in [5.41, 5.74) is 7.04. The van der Waals surface area contributed by atoms with Gasteiger partial charge in [0, 0.05) is 35.9 Å². The smallest absolute Gasteiger partial charge is 0.258 e. The molecular weight excluding hydrogens is 378 g/mol. The lowest BCUT2D eigenvalue weighted by atomic mass is 9.96. The molecule has 3 heterocycles. The Morgan fingerprint density at radius 1 is 1.32 bits per heavy atom. The topological polar surface area (TPSA) is 93.4 Å². The lowest BCUT2D eigenvalue weighted by molar-refractivity contribution is 0.0824. The first kappa shape index (κ1) is 19.0. The fourth-order valence-electron chi connectivity index (χ4n) is 4.43. The molecule has 3 N–H and O–H groups in total. The average Bonchev–Trinajstić information content (AvgIpc) is 2.91. The van der Waals surface area contributed by atoms with Crippen LogP contribution in [0.5, 0.6) is 5.88 Å². The molecule has 1 aromatic heterocycles. The molecule has 3 atom stereocenters. The lowest BCUT2D eigenvalue weighted by Crippen LogP contribution is -2.50. The van der Waals surface area contributed by atoms with Gasteiger partial charge in [0.25, 0.3) is 5.91 Å². The number of nitrogens with zero attached hydrogens (tertiary/aromatic N) is 3. The summed E-state index contributed by atoms with van der Waals surface area (Å²) in [7, 11) is 1.46. The number of carbonyl (C=O) groups excluding carboxylic acids is 1. The number of amides is 1. The van der Waals surface area contributed by atoms with Gasteiger partial charge in [-0.2, -0.15) is 4.98 Å². The monoisotopic (exact) mass is 401 g/mol. The third-order valence-electron chi connectivity index (χ3n) is 5.74. The molecule has 0 spiro atoms. The minimum atomic E-state index is -0.221. The maximum absolute atomic E-state index is 12.7. The summed E-state index contributed by atoms with van der Waals surface area (Å²) < 4.78 is 5.17. The molecule has 0 aliphatic carbocycles. The number of anilines is 1. The maximum Gasteiger partial charge on any atom is 0.258 e. The van der Waals surface area contributed by atoms with Gasteiger partial charge in [-0.3, -0.25) is 9.69 Å². The molecule has 148 valence electrons. The van der Waals surface area contributed by atoms with E-state index in [1.54, 1.807) is 0 Å². The van der Waals surface area contributed by atoms with E-state index in [0.29, 0.717) is 17.6 Å². The maximum atomic E-state index is 12.7. The second-order valence-electron chi connectivity index (χ2n) is 7.44. The molecule has 0 saturated carbocycles. The van der Waals surface area contributed by atoms with Gasteiger partial charge in [-0.25, -0.2) is 4.98 Å². The van der Waals surface area contributed by atoms with Gasteiger partial charge in [-0.15, -0.1) is 0 Å². The van der Waals surface area contributed by atoms with Crippen molar-refractivity contribution in [3.05, 3.63) is 46.6 Å². The molecular formula is C20H24ClN5O2. The van der Waals surface area contributed by atoms with E-state index in [2.05, 4.69) is 26.3 Å². The van der Waals surface area contributed by atoms with Gasteiger partial charge in [0.15, 0.2) is 0 Å². The standard InChI is InChI=1S/C20H24ClN5O2/c1-28-19-16(10-23-20(22)25-19)18(27)24-13-8-14-6-7-15(9-13)26(14)11-12-4-2-3-5-17(12)21/h2-5,10,13-15H,6-9,11H2,1H3,(H,24,27)(H2,22,23,25)/t13?,14-,15+. The van der Waals surface area contributed by atoms with E-state index in [1.807, 2.05) is 18.2 Å². The van der Waals surface area contributed by atoms with E-state index < -0.39 is 0 Å². The molecule has 1 unspecified atom stereocenters. The highest BCUT2D eigenvalue weighted by Crippen LogP contribution is 2.37. The second-order valence-corrected chi connectivity index (χ2v) is 7.85. The zero-order valence-electron chi connectivity index (χ0n) is 15.8. The van der Waals surface area contributed by atoms with Crippen molar-refractivity contribution >= 4 is 23.5 Å². The quantitative estimate of drug-likeness (QED) is 0.800. The van der Waals surface area contributed by atoms with Crippen LogP contribution in [0.1, 0.15) is 41.6 Å². The number of nitrogens with one attached hydrogen (secondary N) is 1. The van der Waals surface area contributed by atoms with Crippen molar-refractivity contribution in [2.45, 2.75) is 50.4 Å². The number of hydrogen-bond acceptors (Lipinski definition) is 6.